The molecule has 0 aliphatic heterocycles. The molecular weight excluding hydrogens is 811 g/mol. The zero-order chi connectivity index (χ0) is 44.1. The second-order valence-electron chi connectivity index (χ2n) is 17.9. The van der Waals surface area contributed by atoms with E-state index in [4.69, 9.17) is 4.42 Å². The molecule has 14 rings (SSSR count). The molecule has 2 aliphatic rings. The fourth-order valence-electron chi connectivity index (χ4n) is 11.6. The van der Waals surface area contributed by atoms with Crippen molar-refractivity contribution in [2.75, 3.05) is 4.90 Å². The van der Waals surface area contributed by atoms with Crippen LogP contribution in [-0.2, 0) is 5.41 Å². The van der Waals surface area contributed by atoms with Crippen molar-refractivity contribution in [1.82, 2.24) is 0 Å². The summed E-state index contributed by atoms with van der Waals surface area (Å²) in [6, 6.07) is 91.3. The Morgan fingerprint density at radius 1 is 0.299 bits per heavy atom. The zero-order valence-corrected chi connectivity index (χ0v) is 36.5. The SMILES string of the molecule is c1ccc(-c2ccc(-c3cccc4oc5c6ccccc6c(N(c6cccc(-c7ccccc7)c6)c6ccc7c(c6)C6(c8ccccc8-c8ccccc86)c6ccccc6-7)cc5c34)cc2)cc1. The summed E-state index contributed by atoms with van der Waals surface area (Å²) in [5, 5.41) is 4.38. The molecule has 1 spiro atoms. The Bertz CT molecular complexity index is 3860. The maximum Gasteiger partial charge on any atom is 0.143 e. The molecule has 0 amide bonds. The van der Waals surface area contributed by atoms with Crippen LogP contribution in [0, 0.1) is 0 Å². The van der Waals surface area contributed by atoms with Gasteiger partial charge in [0.15, 0.2) is 0 Å². The van der Waals surface area contributed by atoms with Crippen LogP contribution in [0.5, 0.6) is 0 Å². The van der Waals surface area contributed by atoms with Crippen molar-refractivity contribution in [3.63, 3.8) is 0 Å². The summed E-state index contributed by atoms with van der Waals surface area (Å²) in [6.07, 6.45) is 0. The van der Waals surface area contributed by atoms with Crippen molar-refractivity contribution in [2.45, 2.75) is 5.41 Å². The molecule has 312 valence electrons. The van der Waals surface area contributed by atoms with Gasteiger partial charge < -0.3 is 9.32 Å². The van der Waals surface area contributed by atoms with Gasteiger partial charge in [0.05, 0.1) is 11.1 Å². The summed E-state index contributed by atoms with van der Waals surface area (Å²) >= 11 is 0. The lowest BCUT2D eigenvalue weighted by Gasteiger charge is -2.32. The summed E-state index contributed by atoms with van der Waals surface area (Å²) in [7, 11) is 0. The minimum atomic E-state index is -0.482. The van der Waals surface area contributed by atoms with E-state index in [9.17, 15) is 0 Å². The molecule has 0 radical (unpaired) electrons. The van der Waals surface area contributed by atoms with Crippen LogP contribution in [0.2, 0.25) is 0 Å². The van der Waals surface area contributed by atoms with Gasteiger partial charge in [0.2, 0.25) is 0 Å². The molecule has 2 heteroatoms. The van der Waals surface area contributed by atoms with Crippen molar-refractivity contribution in [3.05, 3.63) is 271 Å². The van der Waals surface area contributed by atoms with E-state index in [1.165, 1.54) is 61.2 Å². The topological polar surface area (TPSA) is 16.4 Å². The van der Waals surface area contributed by atoms with E-state index in [0.717, 1.165) is 66.5 Å². The van der Waals surface area contributed by atoms with Crippen LogP contribution in [0.1, 0.15) is 22.3 Å². The molecule has 0 bridgehead atoms. The number of hydrogen-bond acceptors (Lipinski definition) is 2. The van der Waals surface area contributed by atoms with Gasteiger partial charge in [0.1, 0.15) is 11.2 Å². The van der Waals surface area contributed by atoms with Crippen molar-refractivity contribution < 1.29 is 4.42 Å². The number of nitrogens with zero attached hydrogens (tertiary/aromatic N) is 1. The highest BCUT2D eigenvalue weighted by Crippen LogP contribution is 2.63. The fourth-order valence-corrected chi connectivity index (χ4v) is 11.6. The molecule has 1 aromatic heterocycles. The molecule has 0 fully saturated rings. The summed E-state index contributed by atoms with van der Waals surface area (Å²) in [5.74, 6) is 0. The third kappa shape index (κ3) is 5.51. The fraction of sp³-hybridized carbons (Fsp3) is 0.0154. The Labute approximate surface area is 389 Å². The lowest BCUT2D eigenvalue weighted by atomic mass is 9.70. The summed E-state index contributed by atoms with van der Waals surface area (Å²) in [4.78, 5) is 2.49. The first-order chi connectivity index (χ1) is 33.2. The Kier molecular flexibility index (Phi) is 8.23. The molecule has 0 N–H and O–H groups in total. The lowest BCUT2D eigenvalue weighted by Crippen LogP contribution is -2.26. The molecule has 11 aromatic carbocycles. The van der Waals surface area contributed by atoms with Crippen LogP contribution in [0.4, 0.5) is 17.1 Å². The van der Waals surface area contributed by atoms with Crippen molar-refractivity contribution in [1.29, 1.82) is 0 Å². The van der Waals surface area contributed by atoms with Gasteiger partial charge in [-0.2, -0.15) is 0 Å². The van der Waals surface area contributed by atoms with E-state index in [0.29, 0.717) is 0 Å². The number of rotatable bonds is 6. The van der Waals surface area contributed by atoms with Crippen LogP contribution in [0.3, 0.4) is 0 Å². The largest absolute Gasteiger partial charge is 0.455 e. The molecule has 0 saturated heterocycles. The first kappa shape index (κ1) is 37.6. The second kappa shape index (κ2) is 14.7. The van der Waals surface area contributed by atoms with E-state index in [1.54, 1.807) is 0 Å². The first-order valence-corrected chi connectivity index (χ1v) is 23.2. The molecule has 0 unspecified atom stereocenters. The third-order valence-electron chi connectivity index (χ3n) is 14.5. The lowest BCUT2D eigenvalue weighted by molar-refractivity contribution is 0.673. The minimum Gasteiger partial charge on any atom is -0.455 e. The van der Waals surface area contributed by atoms with Crippen LogP contribution >= 0.6 is 0 Å². The second-order valence-corrected chi connectivity index (χ2v) is 17.9. The van der Waals surface area contributed by atoms with Crippen LogP contribution in [0.15, 0.2) is 253 Å². The summed E-state index contributed by atoms with van der Waals surface area (Å²) in [5.41, 5.74) is 22.0. The quantitative estimate of drug-likeness (QED) is 0.166. The molecule has 2 aliphatic carbocycles. The molecule has 0 saturated carbocycles. The zero-order valence-electron chi connectivity index (χ0n) is 36.5. The molecule has 1 heterocycles. The molecule has 2 nitrogen and oxygen atoms in total. The maximum atomic E-state index is 6.95. The summed E-state index contributed by atoms with van der Waals surface area (Å²) < 4.78 is 6.95. The van der Waals surface area contributed by atoms with Gasteiger partial charge >= 0.3 is 0 Å². The smallest absolute Gasteiger partial charge is 0.143 e. The average Bonchev–Trinajstić information content (AvgIpc) is 4.04. The van der Waals surface area contributed by atoms with Gasteiger partial charge in [-0.3, -0.25) is 0 Å². The standard InChI is InChI=1S/C65H41NO/c1-3-17-42(18-4-1)44-33-35-45(36-34-44)49-28-16-32-62-63(49)56-41-61(54-26-7-8-27-55(54)64(56)67-62)66(47-22-15-21-46(39-47)43-19-5-2-6-20-43)48-37-38-53-52-25-11-14-31-59(52)65(60(53)40-48)57-29-12-9-23-50(57)51-24-10-13-30-58(51)65/h1-41H. The third-order valence-corrected chi connectivity index (χ3v) is 14.5. The average molecular weight is 852 g/mol. The number of hydrogen-bond donors (Lipinski definition) is 0. The summed E-state index contributed by atoms with van der Waals surface area (Å²) in [6.45, 7) is 0. The van der Waals surface area contributed by atoms with E-state index in [-0.39, 0.29) is 0 Å². The van der Waals surface area contributed by atoms with Crippen LogP contribution < -0.4 is 4.90 Å². The Hall–Kier alpha value is -8.72. The van der Waals surface area contributed by atoms with Crippen LogP contribution in [0.25, 0.3) is 88.3 Å². The van der Waals surface area contributed by atoms with E-state index in [1.807, 2.05) is 0 Å². The molecule has 12 aromatic rings. The number of benzene rings is 11. The van der Waals surface area contributed by atoms with Gasteiger partial charge in [-0.15, -0.1) is 0 Å². The van der Waals surface area contributed by atoms with E-state index in [2.05, 4.69) is 254 Å². The molecule has 67 heavy (non-hydrogen) atoms. The van der Waals surface area contributed by atoms with E-state index < -0.39 is 5.41 Å². The molecular formula is C65H41NO. The van der Waals surface area contributed by atoms with E-state index >= 15 is 0 Å². The normalized spacial score (nSPS) is 12.9. The minimum absolute atomic E-state index is 0.482. The number of anilines is 3. The molecule has 0 atom stereocenters. The van der Waals surface area contributed by atoms with Crippen molar-refractivity contribution in [3.8, 4) is 55.6 Å². The van der Waals surface area contributed by atoms with Crippen molar-refractivity contribution >= 4 is 49.8 Å². The van der Waals surface area contributed by atoms with Gasteiger partial charge in [-0.25, -0.2) is 0 Å². The Balaban J connectivity index is 1.04. The highest BCUT2D eigenvalue weighted by atomic mass is 16.3. The number of fused-ring (bicyclic) bond motifs is 15. The van der Waals surface area contributed by atoms with Gasteiger partial charge in [-0.05, 0) is 114 Å². The van der Waals surface area contributed by atoms with Crippen LogP contribution in [-0.4, -0.2) is 0 Å². The Morgan fingerprint density at radius 2 is 0.791 bits per heavy atom. The van der Waals surface area contributed by atoms with Gasteiger partial charge in [0, 0.05) is 32.9 Å². The van der Waals surface area contributed by atoms with Crippen molar-refractivity contribution in [2.24, 2.45) is 0 Å². The first-order valence-electron chi connectivity index (χ1n) is 23.2. The van der Waals surface area contributed by atoms with Gasteiger partial charge in [-0.1, -0.05) is 212 Å². The maximum absolute atomic E-state index is 6.95. The van der Waals surface area contributed by atoms with Gasteiger partial charge in [0.25, 0.3) is 0 Å². The Morgan fingerprint density at radius 3 is 1.46 bits per heavy atom. The highest BCUT2D eigenvalue weighted by Gasteiger charge is 2.51. The number of furan rings is 1. The highest BCUT2D eigenvalue weighted by molar-refractivity contribution is 6.22. The predicted molar refractivity (Wildman–Crippen MR) is 279 cm³/mol. The monoisotopic (exact) mass is 851 g/mol. The predicted octanol–water partition coefficient (Wildman–Crippen LogP) is 17.6.